The van der Waals surface area contributed by atoms with Crippen LogP contribution in [0.4, 0.5) is 13.2 Å². The lowest BCUT2D eigenvalue weighted by Gasteiger charge is -2.13. The quantitative estimate of drug-likeness (QED) is 0.782. The van der Waals surface area contributed by atoms with E-state index in [4.69, 9.17) is 10.00 Å². The van der Waals surface area contributed by atoms with Gasteiger partial charge in [-0.3, -0.25) is 0 Å². The molecule has 0 radical (unpaired) electrons. The zero-order valence-corrected chi connectivity index (χ0v) is 9.82. The Bertz CT molecular complexity index is 437. The molecule has 0 fully saturated rings. The third kappa shape index (κ3) is 2.47. The highest BCUT2D eigenvalue weighted by atomic mass is 79.9. The Hall–Kier alpha value is -1.22. The molecule has 0 bridgehead atoms. The van der Waals surface area contributed by atoms with Crippen LogP contribution in [0.5, 0.6) is 5.75 Å². The molecule has 6 heteroatoms. The molecule has 0 N–H and O–H groups in total. The molecule has 1 aromatic rings. The predicted molar refractivity (Wildman–Crippen MR) is 55.3 cm³/mol. The number of benzene rings is 1. The van der Waals surface area contributed by atoms with E-state index in [1.54, 1.807) is 6.07 Å². The van der Waals surface area contributed by atoms with Gasteiger partial charge >= 0.3 is 6.18 Å². The second-order valence-corrected chi connectivity index (χ2v) is 3.51. The molecule has 1 rings (SSSR count). The van der Waals surface area contributed by atoms with Gasteiger partial charge in [0.2, 0.25) is 0 Å². The fourth-order valence-electron chi connectivity index (χ4n) is 1.26. The van der Waals surface area contributed by atoms with E-state index in [0.29, 0.717) is 0 Å². The molecular weight excluding hydrogens is 287 g/mol. The van der Waals surface area contributed by atoms with E-state index in [9.17, 15) is 13.2 Å². The van der Waals surface area contributed by atoms with Gasteiger partial charge in [0.25, 0.3) is 0 Å². The van der Waals surface area contributed by atoms with Gasteiger partial charge in [-0.1, -0.05) is 15.9 Å². The summed E-state index contributed by atoms with van der Waals surface area (Å²) in [5.74, 6) is -0.0699. The van der Waals surface area contributed by atoms with Crippen LogP contribution < -0.4 is 4.74 Å². The minimum atomic E-state index is -4.45. The average molecular weight is 294 g/mol. The number of rotatable bonds is 2. The number of methoxy groups -OCH3 is 1. The van der Waals surface area contributed by atoms with Crippen LogP contribution in [0.25, 0.3) is 0 Å². The SMILES string of the molecule is COc1cc(C(F)(F)F)c(CBr)cc1C#N. The molecule has 0 aliphatic heterocycles. The van der Waals surface area contributed by atoms with Gasteiger partial charge < -0.3 is 4.74 Å². The van der Waals surface area contributed by atoms with Crippen molar-refractivity contribution in [2.75, 3.05) is 7.11 Å². The highest BCUT2D eigenvalue weighted by Crippen LogP contribution is 2.36. The number of nitrogens with zero attached hydrogens (tertiary/aromatic N) is 1. The summed E-state index contributed by atoms with van der Waals surface area (Å²) >= 11 is 2.96. The van der Waals surface area contributed by atoms with Gasteiger partial charge in [-0.05, 0) is 17.7 Å². The van der Waals surface area contributed by atoms with Crippen LogP contribution in [-0.2, 0) is 11.5 Å². The molecule has 0 atom stereocenters. The van der Waals surface area contributed by atoms with E-state index >= 15 is 0 Å². The smallest absolute Gasteiger partial charge is 0.416 e. The van der Waals surface area contributed by atoms with Crippen LogP contribution in [0.2, 0.25) is 0 Å². The monoisotopic (exact) mass is 293 g/mol. The third-order valence-electron chi connectivity index (χ3n) is 2.00. The lowest BCUT2D eigenvalue weighted by molar-refractivity contribution is -0.138. The van der Waals surface area contributed by atoms with E-state index in [0.717, 1.165) is 6.07 Å². The topological polar surface area (TPSA) is 33.0 Å². The summed E-state index contributed by atoms with van der Waals surface area (Å²) in [5, 5.41) is 8.76. The Morgan fingerprint density at radius 2 is 2.06 bits per heavy atom. The van der Waals surface area contributed by atoms with Gasteiger partial charge in [-0.15, -0.1) is 0 Å². The Labute approximate surface area is 98.8 Å². The Balaban J connectivity index is 3.45. The molecule has 0 saturated carbocycles. The summed E-state index contributed by atoms with van der Waals surface area (Å²) in [6.45, 7) is 0. The normalized spacial score (nSPS) is 11.0. The first-order valence-corrected chi connectivity index (χ1v) is 5.30. The molecule has 86 valence electrons. The zero-order chi connectivity index (χ0) is 12.3. The fraction of sp³-hybridized carbons (Fsp3) is 0.300. The summed E-state index contributed by atoms with van der Waals surface area (Å²) in [7, 11) is 1.23. The molecule has 0 amide bonds. The number of halogens is 4. The van der Waals surface area contributed by atoms with E-state index in [1.807, 2.05) is 0 Å². The molecule has 0 aromatic heterocycles. The minimum Gasteiger partial charge on any atom is -0.495 e. The Morgan fingerprint density at radius 1 is 1.44 bits per heavy atom. The second kappa shape index (κ2) is 4.74. The van der Waals surface area contributed by atoms with E-state index in [-0.39, 0.29) is 22.2 Å². The molecule has 0 spiro atoms. The van der Waals surface area contributed by atoms with E-state index in [2.05, 4.69) is 15.9 Å². The number of hydrogen-bond donors (Lipinski definition) is 0. The van der Waals surface area contributed by atoms with Gasteiger partial charge in [-0.2, -0.15) is 18.4 Å². The molecule has 0 saturated heterocycles. The third-order valence-corrected chi connectivity index (χ3v) is 2.60. The number of alkyl halides is 4. The van der Waals surface area contributed by atoms with Crippen LogP contribution in [0.1, 0.15) is 16.7 Å². The highest BCUT2D eigenvalue weighted by molar-refractivity contribution is 9.08. The van der Waals surface area contributed by atoms with Crippen LogP contribution in [0.15, 0.2) is 12.1 Å². The Kier molecular flexibility index (Phi) is 3.81. The molecule has 0 aliphatic carbocycles. The molecular formula is C10H7BrF3NO. The van der Waals surface area contributed by atoms with Gasteiger partial charge in [0.15, 0.2) is 0 Å². The summed E-state index contributed by atoms with van der Waals surface area (Å²) in [5.41, 5.74) is -0.685. The van der Waals surface area contributed by atoms with Crippen molar-refractivity contribution in [3.8, 4) is 11.8 Å². The molecule has 0 heterocycles. The number of nitriles is 1. The second-order valence-electron chi connectivity index (χ2n) is 2.95. The van der Waals surface area contributed by atoms with Crippen molar-refractivity contribution in [2.45, 2.75) is 11.5 Å². The maximum atomic E-state index is 12.6. The first kappa shape index (κ1) is 12.8. The van der Waals surface area contributed by atoms with Crippen molar-refractivity contribution in [1.29, 1.82) is 5.26 Å². The first-order valence-electron chi connectivity index (χ1n) is 4.18. The van der Waals surface area contributed by atoms with Crippen molar-refractivity contribution in [2.24, 2.45) is 0 Å². The lowest BCUT2D eigenvalue weighted by Crippen LogP contribution is -2.09. The molecule has 0 aliphatic rings. The van der Waals surface area contributed by atoms with Crippen molar-refractivity contribution in [3.63, 3.8) is 0 Å². The van der Waals surface area contributed by atoms with Gasteiger partial charge in [0.1, 0.15) is 11.8 Å². The van der Waals surface area contributed by atoms with Crippen molar-refractivity contribution < 1.29 is 17.9 Å². The van der Waals surface area contributed by atoms with E-state index in [1.165, 1.54) is 13.2 Å². The van der Waals surface area contributed by atoms with Crippen molar-refractivity contribution >= 4 is 15.9 Å². The fourth-order valence-corrected chi connectivity index (χ4v) is 1.72. The summed E-state index contributed by atoms with van der Waals surface area (Å²) in [6.07, 6.45) is -4.45. The van der Waals surface area contributed by atoms with Gasteiger partial charge in [-0.25, -0.2) is 0 Å². The van der Waals surface area contributed by atoms with Crippen LogP contribution in [0, 0.1) is 11.3 Å². The standard InChI is InChI=1S/C10H7BrF3NO/c1-16-9-3-8(10(12,13)14)6(4-11)2-7(9)5-15/h2-3H,4H2,1H3. The van der Waals surface area contributed by atoms with Crippen LogP contribution in [0.3, 0.4) is 0 Å². The summed E-state index contributed by atoms with van der Waals surface area (Å²) in [6, 6.07) is 3.81. The summed E-state index contributed by atoms with van der Waals surface area (Å²) < 4.78 is 42.6. The van der Waals surface area contributed by atoms with Crippen LogP contribution in [-0.4, -0.2) is 7.11 Å². The van der Waals surface area contributed by atoms with Crippen molar-refractivity contribution in [3.05, 3.63) is 28.8 Å². The largest absolute Gasteiger partial charge is 0.495 e. The maximum absolute atomic E-state index is 12.6. The predicted octanol–water partition coefficient (Wildman–Crippen LogP) is 3.48. The number of ether oxygens (including phenoxy) is 1. The highest BCUT2D eigenvalue weighted by Gasteiger charge is 2.34. The van der Waals surface area contributed by atoms with Gasteiger partial charge in [0, 0.05) is 5.33 Å². The first-order chi connectivity index (χ1) is 7.43. The number of hydrogen-bond acceptors (Lipinski definition) is 2. The molecule has 1 aromatic carbocycles. The van der Waals surface area contributed by atoms with Gasteiger partial charge in [0.05, 0.1) is 18.2 Å². The minimum absolute atomic E-state index is 0.0184. The van der Waals surface area contributed by atoms with Crippen LogP contribution >= 0.6 is 15.9 Å². The van der Waals surface area contributed by atoms with E-state index < -0.39 is 11.7 Å². The lowest BCUT2D eigenvalue weighted by atomic mass is 10.0. The molecule has 0 unspecified atom stereocenters. The zero-order valence-electron chi connectivity index (χ0n) is 8.23. The molecule has 2 nitrogen and oxygen atoms in total. The average Bonchev–Trinajstić information content (AvgIpc) is 2.25. The summed E-state index contributed by atoms with van der Waals surface area (Å²) in [4.78, 5) is 0. The molecule has 16 heavy (non-hydrogen) atoms. The maximum Gasteiger partial charge on any atom is 0.416 e. The van der Waals surface area contributed by atoms with Crippen molar-refractivity contribution in [1.82, 2.24) is 0 Å². The Morgan fingerprint density at radius 3 is 2.44 bits per heavy atom.